The molecule has 1 atom stereocenters. The summed E-state index contributed by atoms with van der Waals surface area (Å²) in [5.41, 5.74) is 3.30. The van der Waals surface area contributed by atoms with Gasteiger partial charge in [-0.1, -0.05) is 73.5 Å². The fraction of sp³-hybridized carbons (Fsp3) is 0.538. The molecule has 0 amide bonds. The third-order valence-corrected chi connectivity index (χ3v) is 7.96. The van der Waals surface area contributed by atoms with Crippen molar-refractivity contribution in [2.75, 3.05) is 13.1 Å². The summed E-state index contributed by atoms with van der Waals surface area (Å²) in [5, 5.41) is 0. The zero-order valence-corrected chi connectivity index (χ0v) is 16.5. The predicted octanol–water partition coefficient (Wildman–Crippen LogP) is 6.04. The number of piperidine rings is 3. The highest BCUT2D eigenvalue weighted by atomic mass is 15.2. The molecular weight excluding hydrogens is 326 g/mol. The molecule has 1 nitrogen and oxygen atoms in total. The molecule has 1 saturated carbocycles. The zero-order chi connectivity index (χ0) is 18.1. The van der Waals surface area contributed by atoms with Gasteiger partial charge in [0.1, 0.15) is 0 Å². The third kappa shape index (κ3) is 3.14. The Balaban J connectivity index is 1.61. The summed E-state index contributed by atoms with van der Waals surface area (Å²) in [7, 11) is 0. The maximum atomic E-state index is 2.83. The van der Waals surface area contributed by atoms with Crippen LogP contribution in [0, 0.1) is 11.8 Å². The summed E-state index contributed by atoms with van der Waals surface area (Å²) >= 11 is 0. The van der Waals surface area contributed by atoms with E-state index >= 15 is 0 Å². The average molecular weight is 360 g/mol. The highest BCUT2D eigenvalue weighted by Crippen LogP contribution is 2.51. The molecule has 0 N–H and O–H groups in total. The SMILES string of the molecule is c1ccc(C(CC2CC3CCN2CC3)(c2ccccc2)C2CCCC2)cc1. The van der Waals surface area contributed by atoms with Crippen LogP contribution >= 0.6 is 0 Å². The third-order valence-electron chi connectivity index (χ3n) is 7.96. The van der Waals surface area contributed by atoms with E-state index in [9.17, 15) is 0 Å². The minimum absolute atomic E-state index is 0.182. The van der Waals surface area contributed by atoms with Crippen LogP contribution in [0.4, 0.5) is 0 Å². The maximum Gasteiger partial charge on any atom is 0.0245 e. The van der Waals surface area contributed by atoms with E-state index in [1.54, 1.807) is 11.1 Å². The van der Waals surface area contributed by atoms with Crippen molar-refractivity contribution >= 4 is 0 Å². The van der Waals surface area contributed by atoms with Gasteiger partial charge in [0, 0.05) is 11.5 Å². The van der Waals surface area contributed by atoms with E-state index in [0.29, 0.717) is 0 Å². The summed E-state index contributed by atoms with van der Waals surface area (Å²) in [4.78, 5) is 2.83. The minimum Gasteiger partial charge on any atom is -0.300 e. The average Bonchev–Trinajstić information content (AvgIpc) is 3.29. The van der Waals surface area contributed by atoms with E-state index in [-0.39, 0.29) is 5.41 Å². The zero-order valence-electron chi connectivity index (χ0n) is 16.5. The molecule has 1 unspecified atom stereocenters. The van der Waals surface area contributed by atoms with Gasteiger partial charge in [-0.2, -0.15) is 0 Å². The van der Waals surface area contributed by atoms with Gasteiger partial charge in [0.05, 0.1) is 0 Å². The highest BCUT2D eigenvalue weighted by molar-refractivity contribution is 5.41. The monoisotopic (exact) mass is 359 g/mol. The molecule has 142 valence electrons. The van der Waals surface area contributed by atoms with Crippen LogP contribution in [0.5, 0.6) is 0 Å². The molecule has 0 radical (unpaired) electrons. The molecule has 2 aromatic rings. The number of hydrogen-bond acceptors (Lipinski definition) is 1. The summed E-state index contributed by atoms with van der Waals surface area (Å²) in [5.74, 6) is 1.76. The lowest BCUT2D eigenvalue weighted by Crippen LogP contribution is -2.52. The van der Waals surface area contributed by atoms with E-state index in [2.05, 4.69) is 65.6 Å². The minimum atomic E-state index is 0.182. The van der Waals surface area contributed by atoms with Crippen molar-refractivity contribution < 1.29 is 0 Å². The van der Waals surface area contributed by atoms with E-state index in [1.165, 1.54) is 64.5 Å². The van der Waals surface area contributed by atoms with Crippen LogP contribution < -0.4 is 0 Å². The molecule has 6 rings (SSSR count). The standard InChI is InChI=1S/C26H33N/c1-3-9-22(10-4-1)26(24-13-7-8-14-24,23-11-5-2-6-12-23)20-25-19-21-15-17-27(25)18-16-21/h1-6,9-12,21,24-25H,7-8,13-20H2. The summed E-state index contributed by atoms with van der Waals surface area (Å²) < 4.78 is 0. The van der Waals surface area contributed by atoms with Crippen LogP contribution in [0.25, 0.3) is 0 Å². The topological polar surface area (TPSA) is 3.24 Å². The van der Waals surface area contributed by atoms with Crippen LogP contribution in [-0.2, 0) is 5.41 Å². The van der Waals surface area contributed by atoms with Crippen molar-refractivity contribution in [3.63, 3.8) is 0 Å². The van der Waals surface area contributed by atoms with E-state index in [0.717, 1.165) is 17.9 Å². The molecule has 0 spiro atoms. The van der Waals surface area contributed by atoms with Crippen LogP contribution in [0.3, 0.4) is 0 Å². The second-order valence-corrected chi connectivity index (χ2v) is 9.26. The van der Waals surface area contributed by atoms with Gasteiger partial charge < -0.3 is 4.90 Å². The molecule has 3 heterocycles. The predicted molar refractivity (Wildman–Crippen MR) is 113 cm³/mol. The van der Waals surface area contributed by atoms with Crippen molar-refractivity contribution in [3.8, 4) is 0 Å². The molecule has 27 heavy (non-hydrogen) atoms. The summed E-state index contributed by atoms with van der Waals surface area (Å²) in [6, 6.07) is 23.8. The van der Waals surface area contributed by atoms with Crippen LogP contribution in [0.2, 0.25) is 0 Å². The first kappa shape index (κ1) is 17.5. The molecule has 0 aromatic heterocycles. The molecule has 3 saturated heterocycles. The van der Waals surface area contributed by atoms with E-state index in [4.69, 9.17) is 0 Å². The summed E-state index contributed by atoms with van der Waals surface area (Å²) in [6.07, 6.45) is 11.2. The Bertz CT molecular complexity index is 684. The Kier molecular flexibility index (Phi) is 4.82. The highest BCUT2D eigenvalue weighted by Gasteiger charge is 2.47. The molecule has 4 fully saturated rings. The number of hydrogen-bond donors (Lipinski definition) is 0. The lowest BCUT2D eigenvalue weighted by Gasteiger charge is -2.51. The smallest absolute Gasteiger partial charge is 0.0245 e. The second-order valence-electron chi connectivity index (χ2n) is 9.26. The van der Waals surface area contributed by atoms with Gasteiger partial charge in [0.15, 0.2) is 0 Å². The van der Waals surface area contributed by atoms with Crippen molar-refractivity contribution in [1.82, 2.24) is 4.90 Å². The molecule has 4 aliphatic rings. The van der Waals surface area contributed by atoms with E-state index in [1.807, 2.05) is 0 Å². The van der Waals surface area contributed by atoms with Gasteiger partial charge in [-0.25, -0.2) is 0 Å². The fourth-order valence-corrected chi connectivity index (χ4v) is 6.60. The molecule has 3 aliphatic heterocycles. The normalized spacial score (nSPS) is 28.5. The van der Waals surface area contributed by atoms with Crippen molar-refractivity contribution in [1.29, 1.82) is 0 Å². The van der Waals surface area contributed by atoms with Crippen molar-refractivity contribution in [2.24, 2.45) is 11.8 Å². The summed E-state index contributed by atoms with van der Waals surface area (Å²) in [6.45, 7) is 2.67. The van der Waals surface area contributed by atoms with Gasteiger partial charge >= 0.3 is 0 Å². The van der Waals surface area contributed by atoms with Gasteiger partial charge in [-0.3, -0.25) is 0 Å². The molecule has 2 bridgehead atoms. The Labute approximate surface area is 164 Å². The number of benzene rings is 2. The first-order valence-corrected chi connectivity index (χ1v) is 11.2. The number of rotatable bonds is 5. The van der Waals surface area contributed by atoms with Crippen LogP contribution in [0.15, 0.2) is 60.7 Å². The van der Waals surface area contributed by atoms with Gasteiger partial charge in [-0.15, -0.1) is 0 Å². The molecule has 1 heteroatoms. The lowest BCUT2D eigenvalue weighted by molar-refractivity contribution is 0.0293. The van der Waals surface area contributed by atoms with Crippen molar-refractivity contribution in [2.45, 2.75) is 62.8 Å². The Morgan fingerprint density at radius 3 is 1.78 bits per heavy atom. The fourth-order valence-electron chi connectivity index (χ4n) is 6.60. The first-order valence-electron chi connectivity index (χ1n) is 11.2. The maximum absolute atomic E-state index is 2.83. The van der Waals surface area contributed by atoms with Crippen LogP contribution in [-0.4, -0.2) is 24.0 Å². The quantitative estimate of drug-likeness (QED) is 0.629. The van der Waals surface area contributed by atoms with Crippen molar-refractivity contribution in [3.05, 3.63) is 71.8 Å². The Morgan fingerprint density at radius 1 is 0.741 bits per heavy atom. The molecule has 2 aromatic carbocycles. The van der Waals surface area contributed by atoms with Gasteiger partial charge in [0.25, 0.3) is 0 Å². The van der Waals surface area contributed by atoms with Gasteiger partial charge in [0.2, 0.25) is 0 Å². The second kappa shape index (κ2) is 7.43. The van der Waals surface area contributed by atoms with E-state index < -0.39 is 0 Å². The molecule has 1 aliphatic carbocycles. The largest absolute Gasteiger partial charge is 0.300 e. The van der Waals surface area contributed by atoms with Gasteiger partial charge in [-0.05, 0) is 74.6 Å². The Morgan fingerprint density at radius 2 is 1.30 bits per heavy atom. The number of fused-ring (bicyclic) bond motifs is 3. The Hall–Kier alpha value is -1.60. The molecular formula is C26H33N. The van der Waals surface area contributed by atoms with Crippen LogP contribution in [0.1, 0.15) is 62.5 Å². The first-order chi connectivity index (χ1) is 13.4. The lowest BCUT2D eigenvalue weighted by atomic mass is 9.60. The number of nitrogens with zero attached hydrogens (tertiary/aromatic N) is 1.